The van der Waals surface area contributed by atoms with Gasteiger partial charge in [0.05, 0.1) is 0 Å². The Labute approximate surface area is 114 Å². The van der Waals surface area contributed by atoms with Gasteiger partial charge in [-0.3, -0.25) is 0 Å². The van der Waals surface area contributed by atoms with Crippen LogP contribution in [0.4, 0.5) is 0 Å². The standard InChI is InChI=1S/C17H22O2/c18-6-8-1-12-13(2-8)15-5-14(12)16-9-3-10(7-19)11(4-9)17(15)16/h6-17H,1-5H2. The second-order valence-electron chi connectivity index (χ2n) is 8.11. The molecule has 10 unspecified atom stereocenters. The maximum atomic E-state index is 11.3. The fourth-order valence-corrected chi connectivity index (χ4v) is 7.69. The molecule has 0 saturated heterocycles. The van der Waals surface area contributed by atoms with Gasteiger partial charge >= 0.3 is 0 Å². The smallest absolute Gasteiger partial charge is 0.123 e. The van der Waals surface area contributed by atoms with Gasteiger partial charge in [0.15, 0.2) is 0 Å². The molecule has 2 nitrogen and oxygen atoms in total. The average Bonchev–Trinajstić information content (AvgIpc) is 3.17. The van der Waals surface area contributed by atoms with Gasteiger partial charge in [-0.25, -0.2) is 0 Å². The largest absolute Gasteiger partial charge is 0.303 e. The minimum Gasteiger partial charge on any atom is -0.303 e. The van der Waals surface area contributed by atoms with E-state index in [1.165, 1.54) is 44.7 Å². The molecule has 5 aliphatic rings. The van der Waals surface area contributed by atoms with Crippen molar-refractivity contribution in [2.24, 2.45) is 59.2 Å². The summed E-state index contributed by atoms with van der Waals surface area (Å²) < 4.78 is 0. The van der Waals surface area contributed by atoms with Crippen molar-refractivity contribution in [1.29, 1.82) is 0 Å². The quantitative estimate of drug-likeness (QED) is 0.563. The topological polar surface area (TPSA) is 34.1 Å². The number of aldehydes is 2. The van der Waals surface area contributed by atoms with Gasteiger partial charge in [0.1, 0.15) is 12.6 Å². The van der Waals surface area contributed by atoms with Crippen LogP contribution in [0.1, 0.15) is 32.1 Å². The van der Waals surface area contributed by atoms with Gasteiger partial charge in [0.25, 0.3) is 0 Å². The van der Waals surface area contributed by atoms with E-state index >= 15 is 0 Å². The first-order valence-electron chi connectivity index (χ1n) is 8.22. The van der Waals surface area contributed by atoms with Crippen molar-refractivity contribution in [2.75, 3.05) is 0 Å². The molecule has 0 N–H and O–H groups in total. The first kappa shape index (κ1) is 11.0. The summed E-state index contributed by atoms with van der Waals surface area (Å²) >= 11 is 0. The van der Waals surface area contributed by atoms with E-state index in [-0.39, 0.29) is 0 Å². The van der Waals surface area contributed by atoms with Crippen LogP contribution >= 0.6 is 0 Å². The van der Waals surface area contributed by atoms with E-state index in [1.807, 2.05) is 0 Å². The molecule has 0 heterocycles. The molecule has 5 fully saturated rings. The zero-order valence-electron chi connectivity index (χ0n) is 11.3. The van der Waals surface area contributed by atoms with E-state index in [4.69, 9.17) is 0 Å². The summed E-state index contributed by atoms with van der Waals surface area (Å²) in [5, 5.41) is 0. The summed E-state index contributed by atoms with van der Waals surface area (Å²) in [6.07, 6.45) is 8.81. The molecule has 5 aliphatic carbocycles. The summed E-state index contributed by atoms with van der Waals surface area (Å²) in [5.41, 5.74) is 0. The molecule has 0 spiro atoms. The van der Waals surface area contributed by atoms with Crippen LogP contribution in [0.5, 0.6) is 0 Å². The van der Waals surface area contributed by atoms with Crippen LogP contribution in [0, 0.1) is 59.2 Å². The Morgan fingerprint density at radius 2 is 1.37 bits per heavy atom. The fraction of sp³-hybridized carbons (Fsp3) is 0.882. The molecule has 0 radical (unpaired) electrons. The maximum Gasteiger partial charge on any atom is 0.123 e. The summed E-state index contributed by atoms with van der Waals surface area (Å²) in [7, 11) is 0. The van der Waals surface area contributed by atoms with Gasteiger partial charge in [-0.1, -0.05) is 0 Å². The zero-order valence-corrected chi connectivity index (χ0v) is 11.3. The molecule has 4 bridgehead atoms. The lowest BCUT2D eigenvalue weighted by atomic mass is 9.62. The van der Waals surface area contributed by atoms with Crippen LogP contribution in [0.3, 0.4) is 0 Å². The van der Waals surface area contributed by atoms with Gasteiger partial charge in [0.2, 0.25) is 0 Å². The zero-order chi connectivity index (χ0) is 12.7. The molecule has 5 saturated carbocycles. The highest BCUT2D eigenvalue weighted by Gasteiger charge is 2.68. The van der Waals surface area contributed by atoms with Crippen LogP contribution in [-0.2, 0) is 9.59 Å². The Balaban J connectivity index is 1.48. The van der Waals surface area contributed by atoms with Gasteiger partial charge in [-0.05, 0) is 79.4 Å². The molecule has 0 aromatic carbocycles. The van der Waals surface area contributed by atoms with E-state index < -0.39 is 0 Å². The molecule has 5 rings (SSSR count). The third kappa shape index (κ3) is 1.16. The van der Waals surface area contributed by atoms with Gasteiger partial charge < -0.3 is 9.59 Å². The van der Waals surface area contributed by atoms with Crippen molar-refractivity contribution in [3.05, 3.63) is 0 Å². The second-order valence-corrected chi connectivity index (χ2v) is 8.11. The van der Waals surface area contributed by atoms with E-state index in [1.54, 1.807) is 0 Å². The van der Waals surface area contributed by atoms with Crippen LogP contribution in [0.15, 0.2) is 0 Å². The molecule has 0 aromatic rings. The monoisotopic (exact) mass is 258 g/mol. The molecule has 19 heavy (non-hydrogen) atoms. The third-order valence-corrected chi connectivity index (χ3v) is 7.88. The minimum atomic E-state index is 0.360. The van der Waals surface area contributed by atoms with E-state index in [2.05, 4.69) is 0 Å². The molecule has 0 aromatic heterocycles. The van der Waals surface area contributed by atoms with Crippen molar-refractivity contribution in [3.8, 4) is 0 Å². The second kappa shape index (κ2) is 3.51. The number of hydrogen-bond acceptors (Lipinski definition) is 2. The van der Waals surface area contributed by atoms with Crippen LogP contribution in [0.2, 0.25) is 0 Å². The Bertz CT molecular complexity index is 445. The number of carbonyl (C=O) groups is 2. The van der Waals surface area contributed by atoms with Crippen molar-refractivity contribution >= 4 is 12.6 Å². The van der Waals surface area contributed by atoms with E-state index in [0.29, 0.717) is 11.8 Å². The number of hydrogen-bond donors (Lipinski definition) is 0. The van der Waals surface area contributed by atoms with Crippen molar-refractivity contribution in [1.82, 2.24) is 0 Å². The lowest BCUT2D eigenvalue weighted by Gasteiger charge is -2.42. The maximum absolute atomic E-state index is 11.3. The summed E-state index contributed by atoms with van der Waals surface area (Å²) in [6, 6.07) is 0. The first-order chi connectivity index (χ1) is 9.31. The molecule has 2 heteroatoms. The number of fused-ring (bicyclic) bond motifs is 12. The molecule has 102 valence electrons. The molecule has 0 amide bonds. The lowest BCUT2D eigenvalue weighted by molar-refractivity contribution is -0.114. The number of rotatable bonds is 2. The number of carbonyl (C=O) groups excluding carboxylic acids is 2. The normalized spacial score (nSPS) is 64.2. The lowest BCUT2D eigenvalue weighted by Crippen LogP contribution is -2.39. The van der Waals surface area contributed by atoms with Crippen LogP contribution in [0.25, 0.3) is 0 Å². The Kier molecular flexibility index (Phi) is 2.04. The summed E-state index contributed by atoms with van der Waals surface area (Å²) in [6.45, 7) is 0. The van der Waals surface area contributed by atoms with Gasteiger partial charge in [0, 0.05) is 11.8 Å². The SMILES string of the molecule is O=CC1CC2C(C1)C1CC2C2C3CC(C=O)C(C3)C12. The highest BCUT2D eigenvalue weighted by atomic mass is 16.1. The molecule has 0 aliphatic heterocycles. The summed E-state index contributed by atoms with van der Waals surface area (Å²) in [4.78, 5) is 22.4. The minimum absolute atomic E-state index is 0.360. The van der Waals surface area contributed by atoms with E-state index in [9.17, 15) is 9.59 Å². The van der Waals surface area contributed by atoms with E-state index in [0.717, 1.165) is 47.3 Å². The predicted octanol–water partition coefficient (Wildman–Crippen LogP) is 2.56. The molecule has 10 atom stereocenters. The third-order valence-electron chi connectivity index (χ3n) is 7.88. The summed E-state index contributed by atoms with van der Waals surface area (Å²) in [5.74, 6) is 7.64. The average molecular weight is 258 g/mol. The van der Waals surface area contributed by atoms with Gasteiger partial charge in [-0.2, -0.15) is 0 Å². The van der Waals surface area contributed by atoms with Gasteiger partial charge in [-0.15, -0.1) is 0 Å². The Morgan fingerprint density at radius 1 is 0.632 bits per heavy atom. The fourth-order valence-electron chi connectivity index (χ4n) is 7.69. The highest BCUT2D eigenvalue weighted by molar-refractivity contribution is 5.56. The predicted molar refractivity (Wildman–Crippen MR) is 70.1 cm³/mol. The Morgan fingerprint density at radius 3 is 2.05 bits per heavy atom. The first-order valence-corrected chi connectivity index (χ1v) is 8.22. The van der Waals surface area contributed by atoms with Crippen molar-refractivity contribution in [3.63, 3.8) is 0 Å². The van der Waals surface area contributed by atoms with Crippen molar-refractivity contribution in [2.45, 2.75) is 32.1 Å². The van der Waals surface area contributed by atoms with Crippen LogP contribution < -0.4 is 0 Å². The van der Waals surface area contributed by atoms with Crippen LogP contribution in [-0.4, -0.2) is 12.6 Å². The highest BCUT2D eigenvalue weighted by Crippen LogP contribution is 2.73. The molecular weight excluding hydrogens is 236 g/mol. The van der Waals surface area contributed by atoms with Crippen molar-refractivity contribution < 1.29 is 9.59 Å². The Hall–Kier alpha value is -0.660. The molecular formula is C17H22O2.